The average Bonchev–Trinajstić information content (AvgIpc) is 2.96. The van der Waals surface area contributed by atoms with Gasteiger partial charge in [0.15, 0.2) is 5.78 Å². The number of carbonyl (C=O) groups is 1. The minimum atomic E-state index is -0.988. The van der Waals surface area contributed by atoms with Crippen LogP contribution in [0.4, 0.5) is 11.4 Å². The van der Waals surface area contributed by atoms with Gasteiger partial charge in [0.1, 0.15) is 17.6 Å². The molecule has 1 saturated heterocycles. The molecule has 3 aromatic rings. The number of nitro groups is 1. The molecule has 1 aromatic heterocycles. The number of carbonyl (C=O) groups excluding carboxylic acids is 1. The van der Waals surface area contributed by atoms with Gasteiger partial charge in [0.2, 0.25) is 0 Å². The Morgan fingerprint density at radius 2 is 1.85 bits per heavy atom. The van der Waals surface area contributed by atoms with E-state index in [1.54, 1.807) is 24.3 Å². The molecular formula is C18H13N5O4. The summed E-state index contributed by atoms with van der Waals surface area (Å²) in [5, 5.41) is 19.6. The summed E-state index contributed by atoms with van der Waals surface area (Å²) in [4.78, 5) is 43.5. The summed E-state index contributed by atoms with van der Waals surface area (Å²) >= 11 is 0. The molecule has 0 saturated carbocycles. The van der Waals surface area contributed by atoms with Crippen molar-refractivity contribution in [3.63, 3.8) is 0 Å². The zero-order chi connectivity index (χ0) is 19.1. The highest BCUT2D eigenvalue weighted by Gasteiger charge is 2.39. The minimum Gasteiger partial charge on any atom is -0.322 e. The zero-order valence-corrected chi connectivity index (χ0v) is 13.9. The first kappa shape index (κ1) is 16.6. The van der Waals surface area contributed by atoms with E-state index in [1.807, 2.05) is 0 Å². The molecule has 0 bridgehead atoms. The number of fused-ring (bicyclic) bond motifs is 1. The zero-order valence-electron chi connectivity index (χ0n) is 13.9. The van der Waals surface area contributed by atoms with Crippen molar-refractivity contribution in [3.05, 3.63) is 74.8 Å². The van der Waals surface area contributed by atoms with Crippen LogP contribution in [-0.4, -0.2) is 33.1 Å². The van der Waals surface area contributed by atoms with Crippen molar-refractivity contribution in [1.29, 1.82) is 5.41 Å². The van der Waals surface area contributed by atoms with Crippen LogP contribution in [0.3, 0.4) is 0 Å². The van der Waals surface area contributed by atoms with E-state index >= 15 is 0 Å². The molecule has 1 atom stereocenters. The van der Waals surface area contributed by atoms with Gasteiger partial charge in [0.25, 0.3) is 11.2 Å². The minimum absolute atomic E-state index is 0.0349. The van der Waals surface area contributed by atoms with E-state index < -0.39 is 10.8 Å². The first-order valence-electron chi connectivity index (χ1n) is 8.08. The standard InChI is InChI=1S/C18H13N5O4/c19-16-15(17-20-13-4-2-1-3-12(13)18(25)21-17)14(24)9-22(16)10-5-7-11(8-6-10)23(26)27/h1-8,15,19H,9H2,(H,20,21,25). The molecule has 0 aliphatic carbocycles. The molecule has 2 N–H and O–H groups in total. The Labute approximate surface area is 151 Å². The highest BCUT2D eigenvalue weighted by atomic mass is 16.6. The highest BCUT2D eigenvalue weighted by molar-refractivity contribution is 6.22. The Bertz CT molecular complexity index is 1150. The van der Waals surface area contributed by atoms with Crippen molar-refractivity contribution in [1.82, 2.24) is 9.97 Å². The predicted octanol–water partition coefficient (Wildman–Crippen LogP) is 1.98. The average molecular weight is 363 g/mol. The van der Waals surface area contributed by atoms with Crippen LogP contribution in [-0.2, 0) is 4.79 Å². The van der Waals surface area contributed by atoms with E-state index in [4.69, 9.17) is 5.41 Å². The van der Waals surface area contributed by atoms with Gasteiger partial charge in [-0.3, -0.25) is 25.1 Å². The highest BCUT2D eigenvalue weighted by Crippen LogP contribution is 2.29. The summed E-state index contributed by atoms with van der Waals surface area (Å²) in [7, 11) is 0. The number of para-hydroxylation sites is 1. The predicted molar refractivity (Wildman–Crippen MR) is 98.3 cm³/mol. The lowest BCUT2D eigenvalue weighted by Gasteiger charge is -2.18. The number of benzene rings is 2. The van der Waals surface area contributed by atoms with E-state index in [0.29, 0.717) is 16.6 Å². The quantitative estimate of drug-likeness (QED) is 0.540. The third kappa shape index (κ3) is 2.74. The molecule has 0 spiro atoms. The van der Waals surface area contributed by atoms with E-state index in [-0.39, 0.29) is 35.2 Å². The molecule has 9 heteroatoms. The van der Waals surface area contributed by atoms with Gasteiger partial charge in [0.05, 0.1) is 22.4 Å². The van der Waals surface area contributed by atoms with Crippen LogP contribution >= 0.6 is 0 Å². The molecule has 2 aromatic carbocycles. The molecule has 1 unspecified atom stereocenters. The first-order valence-corrected chi connectivity index (χ1v) is 8.08. The fourth-order valence-corrected chi connectivity index (χ4v) is 3.15. The molecule has 134 valence electrons. The Morgan fingerprint density at radius 3 is 2.56 bits per heavy atom. The van der Waals surface area contributed by atoms with Crippen LogP contribution in [0.15, 0.2) is 53.3 Å². The topological polar surface area (TPSA) is 133 Å². The second-order valence-corrected chi connectivity index (χ2v) is 6.11. The molecule has 1 fully saturated rings. The second-order valence-electron chi connectivity index (χ2n) is 6.11. The summed E-state index contributed by atoms with van der Waals surface area (Å²) in [5.41, 5.74) is 0.494. The first-order chi connectivity index (χ1) is 13.0. The van der Waals surface area contributed by atoms with Crippen molar-refractivity contribution >= 4 is 33.9 Å². The summed E-state index contributed by atoms with van der Waals surface area (Å²) in [6.07, 6.45) is 0. The second kappa shape index (κ2) is 6.13. The number of aromatic amines is 1. The van der Waals surface area contributed by atoms with E-state index in [2.05, 4.69) is 9.97 Å². The van der Waals surface area contributed by atoms with Crippen LogP contribution in [0.1, 0.15) is 11.7 Å². The number of anilines is 1. The number of ketones is 1. The van der Waals surface area contributed by atoms with E-state index in [1.165, 1.54) is 29.2 Å². The summed E-state index contributed by atoms with van der Waals surface area (Å²) in [6.45, 7) is -0.0716. The molecule has 0 amide bonds. The maximum atomic E-state index is 12.5. The van der Waals surface area contributed by atoms with E-state index in [9.17, 15) is 19.7 Å². The number of nitrogens with zero attached hydrogens (tertiary/aromatic N) is 3. The SMILES string of the molecule is N=C1C(c2nc3ccccc3c(=O)[nH]2)C(=O)CN1c1ccc([N+](=O)[O-])cc1. The Balaban J connectivity index is 1.71. The molecule has 4 rings (SSSR count). The van der Waals surface area contributed by atoms with Gasteiger partial charge in [-0.05, 0) is 24.3 Å². The van der Waals surface area contributed by atoms with Crippen LogP contribution in [0.25, 0.3) is 10.9 Å². The number of hydrogen-bond donors (Lipinski definition) is 2. The molecule has 27 heavy (non-hydrogen) atoms. The number of H-pyrrole nitrogens is 1. The molecule has 2 heterocycles. The van der Waals surface area contributed by atoms with Crippen LogP contribution in [0.2, 0.25) is 0 Å². The van der Waals surface area contributed by atoms with Gasteiger partial charge in [-0.1, -0.05) is 12.1 Å². The number of aromatic nitrogens is 2. The van der Waals surface area contributed by atoms with Crippen molar-refractivity contribution < 1.29 is 9.72 Å². The number of nitrogens with one attached hydrogen (secondary N) is 2. The summed E-state index contributed by atoms with van der Waals surface area (Å²) in [6, 6.07) is 12.4. The van der Waals surface area contributed by atoms with E-state index in [0.717, 1.165) is 0 Å². The Morgan fingerprint density at radius 1 is 1.15 bits per heavy atom. The van der Waals surface area contributed by atoms with Crippen molar-refractivity contribution in [2.45, 2.75) is 5.92 Å². The number of hydrogen-bond acceptors (Lipinski definition) is 6. The lowest BCUT2D eigenvalue weighted by Crippen LogP contribution is -2.27. The number of non-ortho nitro benzene ring substituents is 1. The molecule has 9 nitrogen and oxygen atoms in total. The van der Waals surface area contributed by atoms with Crippen LogP contribution < -0.4 is 10.5 Å². The monoisotopic (exact) mass is 363 g/mol. The number of nitro benzene ring substituents is 1. The fraction of sp³-hybridized carbons (Fsp3) is 0.111. The number of amidine groups is 1. The lowest BCUT2D eigenvalue weighted by molar-refractivity contribution is -0.384. The number of Topliss-reactive ketones (excluding diaryl/α,β-unsaturated/α-hetero) is 1. The lowest BCUT2D eigenvalue weighted by atomic mass is 10.1. The fourth-order valence-electron chi connectivity index (χ4n) is 3.15. The van der Waals surface area contributed by atoms with Gasteiger partial charge in [-0.15, -0.1) is 0 Å². The third-order valence-corrected chi connectivity index (χ3v) is 4.48. The number of rotatable bonds is 3. The van der Waals surface area contributed by atoms with Gasteiger partial charge >= 0.3 is 0 Å². The summed E-state index contributed by atoms with van der Waals surface area (Å²) in [5.74, 6) is -1.18. The smallest absolute Gasteiger partial charge is 0.269 e. The summed E-state index contributed by atoms with van der Waals surface area (Å²) < 4.78 is 0. The van der Waals surface area contributed by atoms with Crippen LogP contribution in [0, 0.1) is 15.5 Å². The van der Waals surface area contributed by atoms with Gasteiger partial charge < -0.3 is 9.88 Å². The maximum absolute atomic E-state index is 12.5. The molecule has 1 aliphatic heterocycles. The maximum Gasteiger partial charge on any atom is 0.269 e. The Kier molecular flexibility index (Phi) is 3.76. The van der Waals surface area contributed by atoms with Gasteiger partial charge in [-0.25, -0.2) is 4.98 Å². The van der Waals surface area contributed by atoms with Gasteiger partial charge in [-0.2, -0.15) is 0 Å². The van der Waals surface area contributed by atoms with Crippen molar-refractivity contribution in [2.24, 2.45) is 0 Å². The Hall–Kier alpha value is -3.88. The third-order valence-electron chi connectivity index (χ3n) is 4.48. The molecule has 1 aliphatic rings. The van der Waals surface area contributed by atoms with Gasteiger partial charge in [0, 0.05) is 17.8 Å². The van der Waals surface area contributed by atoms with Crippen molar-refractivity contribution in [3.8, 4) is 0 Å². The molecular weight excluding hydrogens is 350 g/mol. The van der Waals surface area contributed by atoms with Crippen LogP contribution in [0.5, 0.6) is 0 Å². The normalized spacial score (nSPS) is 16.9. The van der Waals surface area contributed by atoms with Crippen molar-refractivity contribution in [2.75, 3.05) is 11.4 Å². The molecule has 0 radical (unpaired) electrons. The largest absolute Gasteiger partial charge is 0.322 e.